The first-order valence-electron chi connectivity index (χ1n) is 5.87. The summed E-state index contributed by atoms with van der Waals surface area (Å²) in [6, 6.07) is 4.09. The molecule has 0 radical (unpaired) electrons. The maximum absolute atomic E-state index is 9.94. The lowest BCUT2D eigenvalue weighted by atomic mass is 9.93. The van der Waals surface area contributed by atoms with Crippen LogP contribution in [0.5, 0.6) is 5.75 Å². The molecule has 0 aromatic heterocycles. The van der Waals surface area contributed by atoms with Gasteiger partial charge in [-0.1, -0.05) is 20.8 Å². The van der Waals surface area contributed by atoms with Crippen molar-refractivity contribution in [1.82, 2.24) is 0 Å². The number of methoxy groups -OCH3 is 1. The molecule has 0 aliphatic rings. The van der Waals surface area contributed by atoms with Crippen LogP contribution in [0.1, 0.15) is 55.9 Å². The highest BCUT2D eigenvalue weighted by atomic mass is 16.5. The number of aliphatic hydroxyl groups excluding tert-OH is 1. The maximum atomic E-state index is 9.94. The summed E-state index contributed by atoms with van der Waals surface area (Å²) in [6.45, 7) is 8.27. The van der Waals surface area contributed by atoms with Crippen LogP contribution in [-0.2, 0) is 0 Å². The molecule has 2 nitrogen and oxygen atoms in total. The van der Waals surface area contributed by atoms with E-state index in [9.17, 15) is 5.11 Å². The maximum Gasteiger partial charge on any atom is 0.122 e. The molecule has 0 saturated carbocycles. The van der Waals surface area contributed by atoms with E-state index in [1.165, 1.54) is 0 Å². The van der Waals surface area contributed by atoms with Gasteiger partial charge in [0.2, 0.25) is 0 Å². The summed E-state index contributed by atoms with van der Waals surface area (Å²) in [7, 11) is 1.69. The fraction of sp³-hybridized carbons (Fsp3) is 0.571. The highest BCUT2D eigenvalue weighted by Crippen LogP contribution is 2.32. The predicted octanol–water partition coefficient (Wildman–Crippen LogP) is 3.57. The number of hydrogen-bond donors (Lipinski definition) is 1. The van der Waals surface area contributed by atoms with Crippen LogP contribution in [0.25, 0.3) is 0 Å². The Morgan fingerprint density at radius 2 is 1.88 bits per heavy atom. The molecule has 1 atom stereocenters. The van der Waals surface area contributed by atoms with Gasteiger partial charge in [-0.25, -0.2) is 0 Å². The lowest BCUT2D eigenvalue weighted by Crippen LogP contribution is -2.03. The van der Waals surface area contributed by atoms with E-state index in [0.717, 1.165) is 28.9 Å². The van der Waals surface area contributed by atoms with Crippen LogP contribution >= 0.6 is 0 Å². The first kappa shape index (κ1) is 13.0. The first-order chi connectivity index (χ1) is 7.51. The molecule has 0 heterocycles. The monoisotopic (exact) mass is 222 g/mol. The zero-order valence-corrected chi connectivity index (χ0v) is 10.9. The molecule has 16 heavy (non-hydrogen) atoms. The van der Waals surface area contributed by atoms with E-state index in [0.29, 0.717) is 5.92 Å². The Morgan fingerprint density at radius 3 is 2.31 bits per heavy atom. The number of aliphatic hydroxyl groups is 1. The van der Waals surface area contributed by atoms with E-state index in [2.05, 4.69) is 19.9 Å². The van der Waals surface area contributed by atoms with Gasteiger partial charge < -0.3 is 9.84 Å². The van der Waals surface area contributed by atoms with Gasteiger partial charge >= 0.3 is 0 Å². The van der Waals surface area contributed by atoms with E-state index in [1.54, 1.807) is 7.11 Å². The van der Waals surface area contributed by atoms with Crippen molar-refractivity contribution in [2.45, 2.75) is 46.1 Å². The minimum atomic E-state index is -0.372. The Kier molecular flexibility index (Phi) is 4.36. The van der Waals surface area contributed by atoms with Crippen LogP contribution in [0.15, 0.2) is 12.1 Å². The Hall–Kier alpha value is -1.02. The van der Waals surface area contributed by atoms with E-state index >= 15 is 0 Å². The van der Waals surface area contributed by atoms with Crippen LogP contribution in [0.2, 0.25) is 0 Å². The molecule has 1 aromatic rings. The van der Waals surface area contributed by atoms with E-state index < -0.39 is 0 Å². The molecule has 0 amide bonds. The first-order valence-corrected chi connectivity index (χ1v) is 5.87. The van der Waals surface area contributed by atoms with Crippen molar-refractivity contribution in [2.75, 3.05) is 7.11 Å². The van der Waals surface area contributed by atoms with Crippen LogP contribution in [-0.4, -0.2) is 12.2 Å². The van der Waals surface area contributed by atoms with Gasteiger partial charge in [-0.05, 0) is 48.1 Å². The quantitative estimate of drug-likeness (QED) is 0.844. The molecule has 0 saturated heterocycles. The van der Waals surface area contributed by atoms with E-state index in [-0.39, 0.29) is 6.10 Å². The largest absolute Gasteiger partial charge is 0.496 e. The molecule has 0 fully saturated rings. The second-order valence-electron chi connectivity index (χ2n) is 4.53. The van der Waals surface area contributed by atoms with Crippen molar-refractivity contribution < 1.29 is 9.84 Å². The Labute approximate surface area is 98.3 Å². The third kappa shape index (κ3) is 2.56. The molecule has 90 valence electrons. The van der Waals surface area contributed by atoms with Crippen molar-refractivity contribution in [3.8, 4) is 5.75 Å². The minimum absolute atomic E-state index is 0.372. The SMILES string of the molecule is CCC(O)c1cc(C(C)C)c(OC)cc1C. The summed E-state index contributed by atoms with van der Waals surface area (Å²) in [5.41, 5.74) is 3.28. The minimum Gasteiger partial charge on any atom is -0.496 e. The van der Waals surface area contributed by atoms with Gasteiger partial charge in [-0.2, -0.15) is 0 Å². The smallest absolute Gasteiger partial charge is 0.122 e. The zero-order valence-electron chi connectivity index (χ0n) is 10.9. The fourth-order valence-corrected chi connectivity index (χ4v) is 1.92. The van der Waals surface area contributed by atoms with Gasteiger partial charge in [-0.15, -0.1) is 0 Å². The lowest BCUT2D eigenvalue weighted by molar-refractivity contribution is 0.172. The van der Waals surface area contributed by atoms with Gasteiger partial charge in [0.15, 0.2) is 0 Å². The molecular formula is C14H22O2. The molecule has 0 aliphatic carbocycles. The Balaban J connectivity index is 3.27. The second-order valence-corrected chi connectivity index (χ2v) is 4.53. The normalized spacial score (nSPS) is 12.9. The van der Waals surface area contributed by atoms with E-state index in [4.69, 9.17) is 4.74 Å². The molecule has 1 unspecified atom stereocenters. The highest BCUT2D eigenvalue weighted by molar-refractivity contribution is 5.44. The Morgan fingerprint density at radius 1 is 1.25 bits per heavy atom. The third-order valence-corrected chi connectivity index (χ3v) is 2.99. The summed E-state index contributed by atoms with van der Waals surface area (Å²) in [4.78, 5) is 0. The number of rotatable bonds is 4. The Bertz CT molecular complexity index is 356. The fourth-order valence-electron chi connectivity index (χ4n) is 1.92. The average Bonchev–Trinajstić information content (AvgIpc) is 2.27. The van der Waals surface area contributed by atoms with Crippen molar-refractivity contribution >= 4 is 0 Å². The summed E-state index contributed by atoms with van der Waals surface area (Å²) in [6.07, 6.45) is 0.369. The van der Waals surface area contributed by atoms with Crippen LogP contribution in [0.3, 0.4) is 0 Å². The predicted molar refractivity (Wildman–Crippen MR) is 67.1 cm³/mol. The van der Waals surface area contributed by atoms with Crippen molar-refractivity contribution in [2.24, 2.45) is 0 Å². The van der Waals surface area contributed by atoms with Gasteiger partial charge in [0.25, 0.3) is 0 Å². The average molecular weight is 222 g/mol. The number of aryl methyl sites for hydroxylation is 1. The molecule has 1 N–H and O–H groups in total. The molecule has 0 bridgehead atoms. The van der Waals surface area contributed by atoms with Crippen LogP contribution < -0.4 is 4.74 Å². The molecule has 0 aliphatic heterocycles. The molecular weight excluding hydrogens is 200 g/mol. The number of benzene rings is 1. The molecule has 2 heteroatoms. The summed E-state index contributed by atoms with van der Waals surface area (Å²) in [5.74, 6) is 1.32. The van der Waals surface area contributed by atoms with Crippen LogP contribution in [0.4, 0.5) is 0 Å². The molecule has 1 rings (SSSR count). The summed E-state index contributed by atoms with van der Waals surface area (Å²) < 4.78 is 5.37. The van der Waals surface area contributed by atoms with Crippen LogP contribution in [0, 0.1) is 6.92 Å². The van der Waals surface area contributed by atoms with Crippen molar-refractivity contribution in [3.05, 3.63) is 28.8 Å². The zero-order chi connectivity index (χ0) is 12.3. The topological polar surface area (TPSA) is 29.5 Å². The van der Waals surface area contributed by atoms with E-state index in [1.807, 2.05) is 19.9 Å². The van der Waals surface area contributed by atoms with Gasteiger partial charge in [0.05, 0.1) is 13.2 Å². The highest BCUT2D eigenvalue weighted by Gasteiger charge is 2.14. The van der Waals surface area contributed by atoms with Gasteiger partial charge in [-0.3, -0.25) is 0 Å². The number of hydrogen-bond acceptors (Lipinski definition) is 2. The van der Waals surface area contributed by atoms with Gasteiger partial charge in [0.1, 0.15) is 5.75 Å². The summed E-state index contributed by atoms with van der Waals surface area (Å²) >= 11 is 0. The van der Waals surface area contributed by atoms with Crippen molar-refractivity contribution in [1.29, 1.82) is 0 Å². The lowest BCUT2D eigenvalue weighted by Gasteiger charge is -2.18. The standard InChI is InChI=1S/C14H22O2/c1-6-13(15)12-8-11(9(2)3)14(16-5)7-10(12)4/h7-9,13,15H,6H2,1-5H3. The third-order valence-electron chi connectivity index (χ3n) is 2.99. The van der Waals surface area contributed by atoms with Crippen molar-refractivity contribution in [3.63, 3.8) is 0 Å². The number of ether oxygens (including phenoxy) is 1. The van der Waals surface area contributed by atoms with Gasteiger partial charge in [0, 0.05) is 0 Å². The summed E-state index contributed by atoms with van der Waals surface area (Å²) in [5, 5.41) is 9.94. The molecule has 0 spiro atoms. The molecule has 1 aromatic carbocycles. The second kappa shape index (κ2) is 5.35.